The molecule has 3 amide bonds. The zero-order chi connectivity index (χ0) is 12.0. The van der Waals surface area contributed by atoms with Crippen molar-refractivity contribution in [2.75, 3.05) is 0 Å². The van der Waals surface area contributed by atoms with Crippen LogP contribution in [0.3, 0.4) is 0 Å². The van der Waals surface area contributed by atoms with Crippen molar-refractivity contribution in [3.05, 3.63) is 35.9 Å². The van der Waals surface area contributed by atoms with Crippen LogP contribution in [0.1, 0.15) is 25.5 Å². The summed E-state index contributed by atoms with van der Waals surface area (Å²) in [6, 6.07) is 9.09. The van der Waals surface area contributed by atoms with Crippen molar-refractivity contribution in [1.29, 1.82) is 0 Å². The normalized spacial score (nSPS) is 11.9. The van der Waals surface area contributed by atoms with E-state index in [1.54, 1.807) is 0 Å². The van der Waals surface area contributed by atoms with Crippen LogP contribution in [0.2, 0.25) is 0 Å². The number of hydrogen-bond donors (Lipinski definition) is 2. The van der Waals surface area contributed by atoms with E-state index in [-0.39, 0.29) is 12.0 Å². The number of nitrogens with one attached hydrogen (secondary N) is 2. The summed E-state index contributed by atoms with van der Waals surface area (Å²) in [5.41, 5.74) is 1.03. The van der Waals surface area contributed by atoms with Gasteiger partial charge in [0.1, 0.15) is 0 Å². The molecule has 0 aromatic heterocycles. The van der Waals surface area contributed by atoms with E-state index in [1.807, 2.05) is 44.2 Å². The molecule has 1 aromatic rings. The Morgan fingerprint density at radius 2 is 1.88 bits per heavy atom. The molecular formula is C12H16N2O2. The first kappa shape index (κ1) is 12.2. The van der Waals surface area contributed by atoms with Gasteiger partial charge in [-0.1, -0.05) is 44.2 Å². The molecule has 0 spiro atoms. The Labute approximate surface area is 95.0 Å². The maximum absolute atomic E-state index is 11.3. The van der Waals surface area contributed by atoms with Crippen molar-refractivity contribution < 1.29 is 9.59 Å². The van der Waals surface area contributed by atoms with Gasteiger partial charge in [-0.2, -0.15) is 0 Å². The molecule has 0 fully saturated rings. The summed E-state index contributed by atoms with van der Waals surface area (Å²) in [5.74, 6) is 0.250. The van der Waals surface area contributed by atoms with Gasteiger partial charge in [-0.25, -0.2) is 4.79 Å². The lowest BCUT2D eigenvalue weighted by atomic mass is 9.96. The molecule has 4 heteroatoms. The number of carbonyl (C=O) groups is 2. The van der Waals surface area contributed by atoms with Crippen molar-refractivity contribution in [1.82, 2.24) is 10.6 Å². The van der Waals surface area contributed by atoms with Crippen LogP contribution in [0.5, 0.6) is 0 Å². The second kappa shape index (κ2) is 5.90. The summed E-state index contributed by atoms with van der Waals surface area (Å²) in [6.07, 6.45) is 0.373. The van der Waals surface area contributed by atoms with E-state index in [2.05, 4.69) is 10.6 Å². The lowest BCUT2D eigenvalue weighted by Crippen LogP contribution is -2.39. The number of rotatable bonds is 4. The van der Waals surface area contributed by atoms with Gasteiger partial charge >= 0.3 is 6.03 Å². The van der Waals surface area contributed by atoms with Crippen LogP contribution >= 0.6 is 0 Å². The van der Waals surface area contributed by atoms with E-state index < -0.39 is 6.03 Å². The molecule has 86 valence electrons. The predicted octanol–water partition coefficient (Wildman–Crippen LogP) is 1.84. The summed E-state index contributed by atoms with van der Waals surface area (Å²) < 4.78 is 0. The van der Waals surface area contributed by atoms with Crippen molar-refractivity contribution in [3.63, 3.8) is 0 Å². The van der Waals surface area contributed by atoms with Crippen LogP contribution in [-0.4, -0.2) is 12.4 Å². The van der Waals surface area contributed by atoms with Gasteiger partial charge in [-0.3, -0.25) is 10.1 Å². The zero-order valence-corrected chi connectivity index (χ0v) is 9.44. The van der Waals surface area contributed by atoms with Gasteiger partial charge in [0.25, 0.3) is 0 Å². The van der Waals surface area contributed by atoms with Gasteiger partial charge in [-0.15, -0.1) is 0 Å². The molecule has 0 aliphatic rings. The van der Waals surface area contributed by atoms with E-state index >= 15 is 0 Å². The van der Waals surface area contributed by atoms with Gasteiger partial charge in [0.05, 0.1) is 6.04 Å². The Kier molecular flexibility index (Phi) is 4.51. The largest absolute Gasteiger partial charge is 0.331 e. The highest BCUT2D eigenvalue weighted by Crippen LogP contribution is 2.20. The number of hydrogen-bond acceptors (Lipinski definition) is 2. The maximum atomic E-state index is 11.3. The molecule has 16 heavy (non-hydrogen) atoms. The first-order chi connectivity index (χ1) is 7.65. The molecule has 0 saturated carbocycles. The van der Waals surface area contributed by atoms with Crippen molar-refractivity contribution >= 4 is 12.4 Å². The third-order valence-electron chi connectivity index (χ3n) is 2.30. The monoisotopic (exact) mass is 220 g/mol. The van der Waals surface area contributed by atoms with Crippen LogP contribution in [0.25, 0.3) is 0 Å². The summed E-state index contributed by atoms with van der Waals surface area (Å²) >= 11 is 0. The Morgan fingerprint density at radius 3 is 2.38 bits per heavy atom. The summed E-state index contributed by atoms with van der Waals surface area (Å²) in [7, 11) is 0. The number of amides is 3. The van der Waals surface area contributed by atoms with Crippen LogP contribution in [0.4, 0.5) is 4.79 Å². The number of urea groups is 1. The predicted molar refractivity (Wildman–Crippen MR) is 61.8 cm³/mol. The zero-order valence-electron chi connectivity index (χ0n) is 9.44. The number of carbonyl (C=O) groups excluding carboxylic acids is 2. The van der Waals surface area contributed by atoms with Crippen LogP contribution in [0, 0.1) is 5.92 Å². The van der Waals surface area contributed by atoms with Crippen molar-refractivity contribution in [3.8, 4) is 0 Å². The molecule has 0 aliphatic carbocycles. The fraction of sp³-hybridized carbons (Fsp3) is 0.333. The molecule has 1 aromatic carbocycles. The smallest absolute Gasteiger partial charge is 0.321 e. The molecular weight excluding hydrogens is 204 g/mol. The number of benzene rings is 1. The fourth-order valence-corrected chi connectivity index (χ4v) is 1.53. The van der Waals surface area contributed by atoms with E-state index in [0.717, 1.165) is 5.56 Å². The average Bonchev–Trinajstić information content (AvgIpc) is 2.27. The van der Waals surface area contributed by atoms with Gasteiger partial charge in [0.2, 0.25) is 6.41 Å². The molecule has 2 N–H and O–H groups in total. The van der Waals surface area contributed by atoms with Crippen LogP contribution < -0.4 is 10.6 Å². The molecule has 0 saturated heterocycles. The van der Waals surface area contributed by atoms with Gasteiger partial charge < -0.3 is 5.32 Å². The minimum absolute atomic E-state index is 0.0962. The van der Waals surface area contributed by atoms with Crippen molar-refractivity contribution in [2.24, 2.45) is 5.92 Å². The quantitative estimate of drug-likeness (QED) is 0.761. The maximum Gasteiger partial charge on any atom is 0.321 e. The highest BCUT2D eigenvalue weighted by Gasteiger charge is 2.17. The summed E-state index contributed by atoms with van der Waals surface area (Å²) in [6.45, 7) is 4.03. The van der Waals surface area contributed by atoms with Gasteiger partial charge in [0, 0.05) is 0 Å². The molecule has 0 heterocycles. The molecule has 1 atom stereocenters. The highest BCUT2D eigenvalue weighted by atomic mass is 16.2. The SMILES string of the molecule is CC(C)C(NC(=O)NC=O)c1ccccc1. The Balaban J connectivity index is 2.76. The van der Waals surface area contributed by atoms with Gasteiger partial charge in [-0.05, 0) is 11.5 Å². The van der Waals surface area contributed by atoms with E-state index in [4.69, 9.17) is 0 Å². The lowest BCUT2D eigenvalue weighted by Gasteiger charge is -2.22. The first-order valence-corrected chi connectivity index (χ1v) is 5.20. The fourth-order valence-electron chi connectivity index (χ4n) is 1.53. The second-order valence-corrected chi connectivity index (χ2v) is 3.87. The second-order valence-electron chi connectivity index (χ2n) is 3.87. The first-order valence-electron chi connectivity index (χ1n) is 5.20. The van der Waals surface area contributed by atoms with E-state index in [9.17, 15) is 9.59 Å². The third-order valence-corrected chi connectivity index (χ3v) is 2.30. The standard InChI is InChI=1S/C12H16N2O2/c1-9(2)11(14-12(16)13-8-15)10-6-4-3-5-7-10/h3-9,11H,1-2H3,(H2,13,14,15,16). The third kappa shape index (κ3) is 3.38. The highest BCUT2D eigenvalue weighted by molar-refractivity contribution is 5.84. The lowest BCUT2D eigenvalue weighted by molar-refractivity contribution is -0.108. The average molecular weight is 220 g/mol. The molecule has 1 rings (SSSR count). The topological polar surface area (TPSA) is 58.2 Å². The number of imide groups is 1. The van der Waals surface area contributed by atoms with E-state index in [0.29, 0.717) is 6.41 Å². The Morgan fingerprint density at radius 1 is 1.25 bits per heavy atom. The molecule has 1 unspecified atom stereocenters. The minimum atomic E-state index is -0.474. The Hall–Kier alpha value is -1.84. The molecule has 0 aliphatic heterocycles. The molecule has 0 bridgehead atoms. The van der Waals surface area contributed by atoms with Crippen LogP contribution in [0.15, 0.2) is 30.3 Å². The minimum Gasteiger partial charge on any atom is -0.331 e. The van der Waals surface area contributed by atoms with Gasteiger partial charge in [0.15, 0.2) is 0 Å². The van der Waals surface area contributed by atoms with Crippen LogP contribution in [-0.2, 0) is 4.79 Å². The summed E-state index contributed by atoms with van der Waals surface area (Å²) in [5, 5.41) is 4.82. The van der Waals surface area contributed by atoms with E-state index in [1.165, 1.54) is 0 Å². The molecule has 0 radical (unpaired) electrons. The molecule has 4 nitrogen and oxygen atoms in total. The summed E-state index contributed by atoms with van der Waals surface area (Å²) in [4.78, 5) is 21.4. The Bertz CT molecular complexity index is 349. The van der Waals surface area contributed by atoms with Crippen molar-refractivity contribution in [2.45, 2.75) is 19.9 Å².